The molecule has 126 valence electrons. The number of rotatable bonds is 8. The molecule has 0 spiro atoms. The van der Waals surface area contributed by atoms with Crippen LogP contribution in [0.15, 0.2) is 24.3 Å². The zero-order valence-electron chi connectivity index (χ0n) is 13.5. The molecule has 3 N–H and O–H groups in total. The van der Waals surface area contributed by atoms with Crippen LogP contribution < -0.4 is 15.8 Å². The Morgan fingerprint density at radius 1 is 1.13 bits per heavy atom. The number of ether oxygens (including phenoxy) is 2. The van der Waals surface area contributed by atoms with Crippen LogP contribution in [0.1, 0.15) is 31.1 Å². The topological polar surface area (TPSA) is 108 Å². The molecule has 1 unspecified atom stereocenters. The Kier molecular flexibility index (Phi) is 7.05. The zero-order chi connectivity index (χ0) is 17.4. The molecule has 7 heteroatoms. The van der Waals surface area contributed by atoms with E-state index >= 15 is 0 Å². The first kappa shape index (κ1) is 18.5. The summed E-state index contributed by atoms with van der Waals surface area (Å²) in [5, 5.41) is 2.73. The molecule has 1 aromatic rings. The number of amides is 2. The van der Waals surface area contributed by atoms with Gasteiger partial charge >= 0.3 is 5.97 Å². The van der Waals surface area contributed by atoms with Gasteiger partial charge in [-0.25, -0.2) is 4.79 Å². The van der Waals surface area contributed by atoms with Gasteiger partial charge in [0.25, 0.3) is 11.8 Å². The van der Waals surface area contributed by atoms with Crippen LogP contribution in [0, 0.1) is 5.92 Å². The normalized spacial score (nSPS) is 11.7. The Balaban J connectivity index is 2.61. The Morgan fingerprint density at radius 3 is 2.39 bits per heavy atom. The maximum Gasteiger partial charge on any atom is 0.342 e. The highest BCUT2D eigenvalue weighted by Crippen LogP contribution is 2.18. The van der Waals surface area contributed by atoms with Crippen LogP contribution in [0.2, 0.25) is 0 Å². The monoisotopic (exact) mass is 322 g/mol. The lowest BCUT2D eigenvalue weighted by Gasteiger charge is -2.17. The predicted molar refractivity (Wildman–Crippen MR) is 83.9 cm³/mol. The summed E-state index contributed by atoms with van der Waals surface area (Å²) in [5.41, 5.74) is 5.13. The summed E-state index contributed by atoms with van der Waals surface area (Å²) >= 11 is 0. The summed E-state index contributed by atoms with van der Waals surface area (Å²) in [6, 6.07) is 6.24. The number of nitrogens with two attached hydrogens (primary N) is 1. The number of benzene rings is 1. The van der Waals surface area contributed by atoms with Gasteiger partial charge in [-0.15, -0.1) is 0 Å². The van der Waals surface area contributed by atoms with Crippen molar-refractivity contribution in [1.82, 2.24) is 5.32 Å². The van der Waals surface area contributed by atoms with Gasteiger partial charge < -0.3 is 20.5 Å². The molecule has 0 aromatic heterocycles. The second kappa shape index (κ2) is 8.77. The molecular formula is C16H22N2O5. The third-order valence-corrected chi connectivity index (χ3v) is 3.20. The summed E-state index contributed by atoms with van der Waals surface area (Å²) in [6.45, 7) is 5.08. The SMILES string of the molecule is CC(C)C(C)NC(=O)COC(=O)c1ccccc1OCC(N)=O. The third-order valence-electron chi connectivity index (χ3n) is 3.20. The van der Waals surface area contributed by atoms with Crippen molar-refractivity contribution in [3.8, 4) is 5.75 Å². The lowest BCUT2D eigenvalue weighted by atomic mass is 10.1. The highest BCUT2D eigenvalue weighted by atomic mass is 16.5. The molecule has 0 saturated heterocycles. The van der Waals surface area contributed by atoms with E-state index in [1.807, 2.05) is 20.8 Å². The molecule has 0 bridgehead atoms. The van der Waals surface area contributed by atoms with E-state index in [1.54, 1.807) is 12.1 Å². The Labute approximate surface area is 135 Å². The van der Waals surface area contributed by atoms with Crippen molar-refractivity contribution in [3.05, 3.63) is 29.8 Å². The number of esters is 1. The van der Waals surface area contributed by atoms with Gasteiger partial charge in [0.1, 0.15) is 11.3 Å². The average Bonchev–Trinajstić information content (AvgIpc) is 2.50. The Bertz CT molecular complexity index is 571. The van der Waals surface area contributed by atoms with Gasteiger partial charge in [-0.2, -0.15) is 0 Å². The Hall–Kier alpha value is -2.57. The Morgan fingerprint density at radius 2 is 1.78 bits per heavy atom. The van der Waals surface area contributed by atoms with Crippen LogP contribution in [0.25, 0.3) is 0 Å². The van der Waals surface area contributed by atoms with Gasteiger partial charge in [0.2, 0.25) is 0 Å². The predicted octanol–water partition coefficient (Wildman–Crippen LogP) is 0.868. The molecule has 0 heterocycles. The van der Waals surface area contributed by atoms with Crippen molar-refractivity contribution in [2.45, 2.75) is 26.8 Å². The molecule has 0 aliphatic carbocycles. The molecule has 0 fully saturated rings. The largest absolute Gasteiger partial charge is 0.483 e. The molecule has 23 heavy (non-hydrogen) atoms. The minimum Gasteiger partial charge on any atom is -0.483 e. The van der Waals surface area contributed by atoms with Crippen LogP contribution in [-0.2, 0) is 14.3 Å². The van der Waals surface area contributed by atoms with Crippen molar-refractivity contribution in [3.63, 3.8) is 0 Å². The van der Waals surface area contributed by atoms with Crippen LogP contribution in [-0.4, -0.2) is 37.0 Å². The van der Waals surface area contributed by atoms with Gasteiger partial charge in [0.15, 0.2) is 13.2 Å². The molecule has 0 saturated carbocycles. The van der Waals surface area contributed by atoms with E-state index in [9.17, 15) is 14.4 Å². The fraction of sp³-hybridized carbons (Fsp3) is 0.438. The summed E-state index contributed by atoms with van der Waals surface area (Å²) in [6.07, 6.45) is 0. The first-order chi connectivity index (χ1) is 10.8. The number of carbonyl (C=O) groups excluding carboxylic acids is 3. The molecule has 1 rings (SSSR count). The smallest absolute Gasteiger partial charge is 0.342 e. The number of para-hydroxylation sites is 1. The molecule has 0 aliphatic heterocycles. The summed E-state index contributed by atoms with van der Waals surface area (Å²) in [5.74, 6) is -1.30. The maximum absolute atomic E-state index is 12.0. The summed E-state index contributed by atoms with van der Waals surface area (Å²) in [4.78, 5) is 34.5. The summed E-state index contributed by atoms with van der Waals surface area (Å²) < 4.78 is 10.1. The second-order valence-corrected chi connectivity index (χ2v) is 5.43. The quantitative estimate of drug-likeness (QED) is 0.690. The second-order valence-electron chi connectivity index (χ2n) is 5.43. The fourth-order valence-corrected chi connectivity index (χ4v) is 1.58. The standard InChI is InChI=1S/C16H22N2O5/c1-10(2)11(3)18-15(20)9-23-16(21)12-6-4-5-7-13(12)22-8-14(17)19/h4-7,10-11H,8-9H2,1-3H3,(H2,17,19)(H,18,20). The van der Waals surface area contributed by atoms with E-state index in [4.69, 9.17) is 15.2 Å². The van der Waals surface area contributed by atoms with Gasteiger partial charge in [-0.1, -0.05) is 26.0 Å². The van der Waals surface area contributed by atoms with E-state index in [0.717, 1.165) is 0 Å². The maximum atomic E-state index is 12.0. The molecule has 1 aromatic carbocycles. The number of primary amides is 1. The van der Waals surface area contributed by atoms with Crippen LogP contribution >= 0.6 is 0 Å². The number of hydrogen-bond acceptors (Lipinski definition) is 5. The lowest BCUT2D eigenvalue weighted by molar-refractivity contribution is -0.125. The van der Waals surface area contributed by atoms with Crippen molar-refractivity contribution in [2.75, 3.05) is 13.2 Å². The highest BCUT2D eigenvalue weighted by Gasteiger charge is 2.17. The lowest BCUT2D eigenvalue weighted by Crippen LogP contribution is -2.38. The highest BCUT2D eigenvalue weighted by molar-refractivity contribution is 5.94. The first-order valence-corrected chi connectivity index (χ1v) is 7.28. The fourth-order valence-electron chi connectivity index (χ4n) is 1.58. The number of carbonyl (C=O) groups is 3. The van der Waals surface area contributed by atoms with Gasteiger partial charge in [-0.05, 0) is 25.0 Å². The van der Waals surface area contributed by atoms with E-state index in [2.05, 4.69) is 5.32 Å². The van der Waals surface area contributed by atoms with Crippen molar-refractivity contribution in [2.24, 2.45) is 11.7 Å². The molecule has 1 atom stereocenters. The molecule has 0 radical (unpaired) electrons. The van der Waals surface area contributed by atoms with E-state index in [0.29, 0.717) is 0 Å². The summed E-state index contributed by atoms with van der Waals surface area (Å²) in [7, 11) is 0. The number of nitrogens with one attached hydrogen (secondary N) is 1. The zero-order valence-corrected chi connectivity index (χ0v) is 13.5. The van der Waals surface area contributed by atoms with Gasteiger partial charge in [-0.3, -0.25) is 9.59 Å². The van der Waals surface area contributed by atoms with Crippen LogP contribution in [0.4, 0.5) is 0 Å². The van der Waals surface area contributed by atoms with Crippen LogP contribution in [0.3, 0.4) is 0 Å². The van der Waals surface area contributed by atoms with E-state index in [-0.39, 0.29) is 42.4 Å². The molecule has 0 aliphatic rings. The van der Waals surface area contributed by atoms with E-state index in [1.165, 1.54) is 12.1 Å². The van der Waals surface area contributed by atoms with Crippen molar-refractivity contribution in [1.29, 1.82) is 0 Å². The molecule has 2 amide bonds. The van der Waals surface area contributed by atoms with Gasteiger partial charge in [0.05, 0.1) is 0 Å². The third kappa shape index (κ3) is 6.37. The number of hydrogen-bond donors (Lipinski definition) is 2. The molecular weight excluding hydrogens is 300 g/mol. The van der Waals surface area contributed by atoms with Gasteiger partial charge in [0, 0.05) is 6.04 Å². The molecule has 7 nitrogen and oxygen atoms in total. The average molecular weight is 322 g/mol. The van der Waals surface area contributed by atoms with Crippen LogP contribution in [0.5, 0.6) is 5.75 Å². The van der Waals surface area contributed by atoms with Crippen molar-refractivity contribution >= 4 is 17.8 Å². The van der Waals surface area contributed by atoms with Crippen molar-refractivity contribution < 1.29 is 23.9 Å². The minimum absolute atomic E-state index is 0.0209. The first-order valence-electron chi connectivity index (χ1n) is 7.28. The van der Waals surface area contributed by atoms with E-state index < -0.39 is 11.9 Å². The minimum atomic E-state index is -0.711.